The smallest absolute Gasteiger partial charge is 0.335 e. The van der Waals surface area contributed by atoms with E-state index < -0.39 is 44.0 Å². The van der Waals surface area contributed by atoms with Gasteiger partial charge < -0.3 is 9.84 Å². The van der Waals surface area contributed by atoms with E-state index in [0.717, 1.165) is 17.0 Å². The highest BCUT2D eigenvalue weighted by Gasteiger charge is 2.35. The van der Waals surface area contributed by atoms with Crippen LogP contribution in [-0.4, -0.2) is 31.3 Å². The second kappa shape index (κ2) is 6.82. The van der Waals surface area contributed by atoms with Crippen molar-refractivity contribution < 1.29 is 32.6 Å². The maximum absolute atomic E-state index is 12.2. The van der Waals surface area contributed by atoms with Gasteiger partial charge in [0.1, 0.15) is 10.6 Å². The topological polar surface area (TPSA) is 144 Å². The zero-order chi connectivity index (χ0) is 19.8. The summed E-state index contributed by atoms with van der Waals surface area (Å²) < 4.78 is 29.7. The molecule has 2 amide bonds. The molecule has 27 heavy (non-hydrogen) atoms. The first kappa shape index (κ1) is 18.5. The molecule has 0 atom stereocenters. The number of ether oxygens (including phenoxy) is 1. The standard InChI is InChI=1S/C17H14N2O7S/c18-27(24,25)13-9-10(17(22)23)8-12(19-14(20)6-7-15(19)21)16(13)26-11-4-2-1-3-5-11/h1-5,8-9H,6-7H2,(H,22,23)(H2,18,24,25). The Kier molecular flexibility index (Phi) is 4.68. The number of carboxylic acid groups (broad SMARTS) is 1. The fraction of sp³-hybridized carbons (Fsp3) is 0.118. The lowest BCUT2D eigenvalue weighted by Crippen LogP contribution is -2.30. The van der Waals surface area contributed by atoms with Crippen molar-refractivity contribution in [2.75, 3.05) is 4.90 Å². The zero-order valence-corrected chi connectivity index (χ0v) is 14.6. The Morgan fingerprint density at radius 1 is 1.07 bits per heavy atom. The van der Waals surface area contributed by atoms with Gasteiger partial charge in [-0.2, -0.15) is 0 Å². The van der Waals surface area contributed by atoms with E-state index in [4.69, 9.17) is 9.88 Å². The van der Waals surface area contributed by atoms with Crippen LogP contribution in [0.1, 0.15) is 23.2 Å². The van der Waals surface area contributed by atoms with Crippen LogP contribution in [0.3, 0.4) is 0 Å². The molecule has 0 aromatic heterocycles. The molecule has 1 aliphatic heterocycles. The van der Waals surface area contributed by atoms with Crippen LogP contribution in [0.15, 0.2) is 47.4 Å². The number of carboxylic acids is 1. The summed E-state index contributed by atoms with van der Waals surface area (Å²) in [5.41, 5.74) is -0.739. The number of carbonyl (C=O) groups excluding carboxylic acids is 2. The van der Waals surface area contributed by atoms with Crippen molar-refractivity contribution in [1.29, 1.82) is 0 Å². The lowest BCUT2D eigenvalue weighted by molar-refractivity contribution is -0.121. The monoisotopic (exact) mass is 390 g/mol. The Bertz CT molecular complexity index is 1030. The Morgan fingerprint density at radius 3 is 2.19 bits per heavy atom. The van der Waals surface area contributed by atoms with Gasteiger partial charge in [0.15, 0.2) is 5.75 Å². The van der Waals surface area contributed by atoms with Crippen LogP contribution in [0.2, 0.25) is 0 Å². The first-order valence-electron chi connectivity index (χ1n) is 7.71. The van der Waals surface area contributed by atoms with Crippen molar-refractivity contribution in [3.8, 4) is 11.5 Å². The number of anilines is 1. The third kappa shape index (κ3) is 3.66. The number of sulfonamides is 1. The molecule has 1 fully saturated rings. The molecule has 0 spiro atoms. The molecule has 0 unspecified atom stereocenters. The highest BCUT2D eigenvalue weighted by atomic mass is 32.2. The van der Waals surface area contributed by atoms with Crippen LogP contribution in [0.5, 0.6) is 11.5 Å². The molecule has 0 saturated carbocycles. The van der Waals surface area contributed by atoms with Crippen molar-refractivity contribution in [2.24, 2.45) is 5.14 Å². The van der Waals surface area contributed by atoms with E-state index in [-0.39, 0.29) is 24.3 Å². The molecule has 140 valence electrons. The number of aromatic carboxylic acids is 1. The highest BCUT2D eigenvalue weighted by Crippen LogP contribution is 2.41. The van der Waals surface area contributed by atoms with Crippen LogP contribution in [0.25, 0.3) is 0 Å². The summed E-state index contributed by atoms with van der Waals surface area (Å²) >= 11 is 0. The molecule has 10 heteroatoms. The van der Waals surface area contributed by atoms with E-state index in [1.54, 1.807) is 18.2 Å². The lowest BCUT2D eigenvalue weighted by Gasteiger charge is -2.21. The number of nitrogens with zero attached hydrogens (tertiary/aromatic N) is 1. The Balaban J connectivity index is 2.31. The van der Waals surface area contributed by atoms with Crippen molar-refractivity contribution in [3.63, 3.8) is 0 Å². The summed E-state index contributed by atoms with van der Waals surface area (Å²) in [5, 5.41) is 14.5. The number of primary sulfonamides is 1. The lowest BCUT2D eigenvalue weighted by atomic mass is 10.1. The van der Waals surface area contributed by atoms with E-state index in [1.165, 1.54) is 12.1 Å². The average Bonchev–Trinajstić information content (AvgIpc) is 2.93. The van der Waals surface area contributed by atoms with E-state index in [0.29, 0.717) is 0 Å². The number of amides is 2. The van der Waals surface area contributed by atoms with Crippen LogP contribution in [0.4, 0.5) is 5.69 Å². The van der Waals surface area contributed by atoms with Gasteiger partial charge in [-0.3, -0.25) is 9.59 Å². The summed E-state index contributed by atoms with van der Waals surface area (Å²) in [5.74, 6) is -2.82. The second-order valence-electron chi connectivity index (χ2n) is 5.71. The zero-order valence-electron chi connectivity index (χ0n) is 13.8. The molecule has 1 saturated heterocycles. The highest BCUT2D eigenvalue weighted by molar-refractivity contribution is 7.89. The summed E-state index contributed by atoms with van der Waals surface area (Å²) in [6, 6.07) is 9.84. The van der Waals surface area contributed by atoms with Crippen molar-refractivity contribution in [2.45, 2.75) is 17.7 Å². The van der Waals surface area contributed by atoms with Crippen LogP contribution >= 0.6 is 0 Å². The SMILES string of the molecule is NS(=O)(=O)c1cc(C(=O)O)cc(N2C(=O)CCC2=O)c1Oc1ccccc1. The van der Waals surface area contributed by atoms with Gasteiger partial charge in [-0.05, 0) is 24.3 Å². The predicted molar refractivity (Wildman–Crippen MR) is 93.0 cm³/mol. The fourth-order valence-corrected chi connectivity index (χ4v) is 3.34. The Morgan fingerprint density at radius 2 is 1.67 bits per heavy atom. The number of rotatable bonds is 5. The van der Waals surface area contributed by atoms with Gasteiger partial charge in [-0.1, -0.05) is 18.2 Å². The van der Waals surface area contributed by atoms with Crippen LogP contribution in [-0.2, 0) is 19.6 Å². The first-order chi connectivity index (χ1) is 12.7. The summed E-state index contributed by atoms with van der Waals surface area (Å²) in [7, 11) is -4.43. The predicted octanol–water partition coefficient (Wildman–Crippen LogP) is 1.48. The third-order valence-electron chi connectivity index (χ3n) is 3.84. The van der Waals surface area contributed by atoms with Gasteiger partial charge in [0.2, 0.25) is 21.8 Å². The number of imide groups is 1. The third-order valence-corrected chi connectivity index (χ3v) is 4.76. The van der Waals surface area contributed by atoms with Gasteiger partial charge in [0.05, 0.1) is 11.3 Å². The Labute approximate surface area is 154 Å². The van der Waals surface area contributed by atoms with Gasteiger partial charge in [-0.25, -0.2) is 23.3 Å². The molecule has 3 rings (SSSR count). The number of nitrogens with two attached hydrogens (primary N) is 1. The fourth-order valence-electron chi connectivity index (χ4n) is 2.64. The molecule has 0 bridgehead atoms. The van der Waals surface area contributed by atoms with Gasteiger partial charge >= 0.3 is 5.97 Å². The summed E-state index contributed by atoms with van der Waals surface area (Å²) in [4.78, 5) is 35.8. The maximum atomic E-state index is 12.2. The molecule has 1 heterocycles. The van der Waals surface area contributed by atoms with Crippen molar-refractivity contribution >= 4 is 33.5 Å². The number of benzene rings is 2. The number of hydrogen-bond donors (Lipinski definition) is 2. The van der Waals surface area contributed by atoms with Gasteiger partial charge in [0, 0.05) is 12.8 Å². The molecule has 3 N–H and O–H groups in total. The van der Waals surface area contributed by atoms with E-state index >= 15 is 0 Å². The Hall–Kier alpha value is -3.24. The number of carbonyl (C=O) groups is 3. The van der Waals surface area contributed by atoms with E-state index in [2.05, 4.69) is 0 Å². The van der Waals surface area contributed by atoms with Gasteiger partial charge in [-0.15, -0.1) is 0 Å². The molecular formula is C17H14N2O7S. The van der Waals surface area contributed by atoms with Crippen molar-refractivity contribution in [1.82, 2.24) is 0 Å². The largest absolute Gasteiger partial charge is 0.478 e. The number of para-hydroxylation sites is 1. The summed E-state index contributed by atoms with van der Waals surface area (Å²) in [6.07, 6.45) is -0.156. The normalized spacial score (nSPS) is 14.5. The quantitative estimate of drug-likeness (QED) is 0.736. The first-order valence-corrected chi connectivity index (χ1v) is 9.26. The average molecular weight is 390 g/mol. The van der Waals surface area contributed by atoms with Crippen molar-refractivity contribution in [3.05, 3.63) is 48.0 Å². The second-order valence-corrected chi connectivity index (χ2v) is 7.24. The maximum Gasteiger partial charge on any atom is 0.335 e. The summed E-state index contributed by atoms with van der Waals surface area (Å²) in [6.45, 7) is 0. The molecule has 2 aromatic carbocycles. The minimum absolute atomic E-state index is 0.0778. The molecular weight excluding hydrogens is 376 g/mol. The van der Waals surface area contributed by atoms with Crippen LogP contribution < -0.4 is 14.8 Å². The van der Waals surface area contributed by atoms with E-state index in [9.17, 15) is 27.9 Å². The molecule has 1 aliphatic rings. The molecule has 0 radical (unpaired) electrons. The van der Waals surface area contributed by atoms with E-state index in [1.807, 2.05) is 0 Å². The van der Waals surface area contributed by atoms with Gasteiger partial charge in [0.25, 0.3) is 0 Å². The minimum atomic E-state index is -4.43. The van der Waals surface area contributed by atoms with Crippen LogP contribution in [0, 0.1) is 0 Å². The minimum Gasteiger partial charge on any atom is -0.478 e. The molecule has 9 nitrogen and oxygen atoms in total. The number of hydrogen-bond acceptors (Lipinski definition) is 6. The molecule has 0 aliphatic carbocycles. The molecule has 2 aromatic rings.